The molecule has 1 aromatic heterocycles. The zero-order chi connectivity index (χ0) is 26.8. The zero-order valence-electron chi connectivity index (χ0n) is 21.8. The average molecular weight is 520 g/mol. The van der Waals surface area contributed by atoms with Crippen molar-refractivity contribution in [1.82, 2.24) is 14.5 Å². The molecule has 1 amide bonds. The summed E-state index contributed by atoms with van der Waals surface area (Å²) in [6, 6.07) is 16.4. The second-order valence-corrected chi connectivity index (χ2v) is 10.6. The average Bonchev–Trinajstić information content (AvgIpc) is 3.53. The van der Waals surface area contributed by atoms with Gasteiger partial charge in [0.25, 0.3) is 5.91 Å². The molecule has 0 aliphatic carbocycles. The fourth-order valence-corrected chi connectivity index (χ4v) is 5.66. The van der Waals surface area contributed by atoms with E-state index >= 15 is 0 Å². The number of carbonyl (C=O) groups is 2. The summed E-state index contributed by atoms with van der Waals surface area (Å²) in [5, 5.41) is 10.0. The number of imidazole rings is 1. The van der Waals surface area contributed by atoms with Crippen molar-refractivity contribution in [2.24, 2.45) is 0 Å². The monoisotopic (exact) mass is 519 g/mol. The molecule has 0 saturated carbocycles. The number of esters is 1. The van der Waals surface area contributed by atoms with E-state index in [1.54, 1.807) is 12.1 Å². The van der Waals surface area contributed by atoms with Gasteiger partial charge in [-0.1, -0.05) is 44.2 Å². The van der Waals surface area contributed by atoms with Crippen LogP contribution in [0.1, 0.15) is 73.1 Å². The summed E-state index contributed by atoms with van der Waals surface area (Å²) in [4.78, 5) is 32.5. The van der Waals surface area contributed by atoms with E-state index in [9.17, 15) is 19.1 Å². The largest absolute Gasteiger partial charge is 0.462 e. The van der Waals surface area contributed by atoms with Crippen LogP contribution in [0.5, 0.6) is 0 Å². The highest BCUT2D eigenvalue weighted by Gasteiger charge is 2.34. The number of aliphatic hydroxyl groups is 1. The number of hydrogen-bond acceptors (Lipinski definition) is 5. The maximum atomic E-state index is 13.9. The Labute approximate surface area is 222 Å². The minimum absolute atomic E-state index is 0.0114. The molecular formula is C30H34FN3O4. The second-order valence-electron chi connectivity index (χ2n) is 10.6. The first-order chi connectivity index (χ1) is 18.3. The lowest BCUT2D eigenvalue weighted by atomic mass is 9.99. The highest BCUT2D eigenvalue weighted by atomic mass is 19.1. The van der Waals surface area contributed by atoms with E-state index in [0.29, 0.717) is 49.6 Å². The van der Waals surface area contributed by atoms with Gasteiger partial charge < -0.3 is 19.3 Å². The summed E-state index contributed by atoms with van der Waals surface area (Å²) < 4.78 is 21.2. The fraction of sp³-hybridized carbons (Fsp3) is 0.433. The van der Waals surface area contributed by atoms with Crippen LogP contribution in [0.4, 0.5) is 4.39 Å². The van der Waals surface area contributed by atoms with E-state index in [-0.39, 0.29) is 30.0 Å². The third kappa shape index (κ3) is 5.50. The number of halogens is 1. The van der Waals surface area contributed by atoms with Gasteiger partial charge in [0, 0.05) is 44.0 Å². The number of carbonyl (C=O) groups excluding carboxylic acids is 2. The maximum Gasteiger partial charge on any atom is 0.308 e. The molecule has 1 N–H and O–H groups in total. The van der Waals surface area contributed by atoms with Crippen molar-refractivity contribution < 1.29 is 23.8 Å². The van der Waals surface area contributed by atoms with Gasteiger partial charge in [0.1, 0.15) is 17.7 Å². The molecule has 2 saturated heterocycles. The Morgan fingerprint density at radius 2 is 1.89 bits per heavy atom. The molecular weight excluding hydrogens is 485 g/mol. The second kappa shape index (κ2) is 11.1. The first-order valence-corrected chi connectivity index (χ1v) is 13.4. The first kappa shape index (κ1) is 26.1. The van der Waals surface area contributed by atoms with Crippen LogP contribution in [0.2, 0.25) is 0 Å². The standard InChI is InChI=1S/C30H34FN3O4/c1-19(2)28-27(30(37)33-14-12-22(18-33)20-6-4-3-5-7-20)32-29(21-8-10-23(31)11-9-21)34(28)15-13-25-16-24(35)17-26(36)38-25/h3-11,19,22,24-25,35H,12-18H2,1-2H3. The maximum absolute atomic E-state index is 13.9. The zero-order valence-corrected chi connectivity index (χ0v) is 21.8. The van der Waals surface area contributed by atoms with Crippen LogP contribution < -0.4 is 0 Å². The van der Waals surface area contributed by atoms with Crippen molar-refractivity contribution in [3.8, 4) is 11.4 Å². The summed E-state index contributed by atoms with van der Waals surface area (Å²) in [5.74, 6) is 0.00291. The minimum Gasteiger partial charge on any atom is -0.462 e. The van der Waals surface area contributed by atoms with Crippen molar-refractivity contribution in [3.05, 3.63) is 77.4 Å². The molecule has 8 heteroatoms. The summed E-state index contributed by atoms with van der Waals surface area (Å²) in [5.41, 5.74) is 3.15. The highest BCUT2D eigenvalue weighted by molar-refractivity contribution is 5.94. The third-order valence-corrected chi connectivity index (χ3v) is 7.52. The van der Waals surface area contributed by atoms with Crippen molar-refractivity contribution in [2.45, 2.75) is 70.1 Å². The molecule has 3 aromatic rings. The van der Waals surface area contributed by atoms with Crippen LogP contribution >= 0.6 is 0 Å². The van der Waals surface area contributed by atoms with Crippen molar-refractivity contribution in [1.29, 1.82) is 0 Å². The molecule has 3 unspecified atom stereocenters. The fourth-order valence-electron chi connectivity index (χ4n) is 5.66. The van der Waals surface area contributed by atoms with Crippen LogP contribution in [0.3, 0.4) is 0 Å². The number of benzene rings is 2. The number of rotatable bonds is 7. The van der Waals surface area contributed by atoms with Crippen LogP contribution in [0, 0.1) is 5.82 Å². The van der Waals surface area contributed by atoms with Gasteiger partial charge in [-0.25, -0.2) is 9.37 Å². The van der Waals surface area contributed by atoms with E-state index in [1.165, 1.54) is 17.7 Å². The molecule has 2 aliphatic rings. The minimum atomic E-state index is -0.713. The number of ether oxygens (including phenoxy) is 1. The molecule has 3 atom stereocenters. The molecule has 3 heterocycles. The smallest absolute Gasteiger partial charge is 0.308 e. The Bertz CT molecular complexity index is 1290. The number of aliphatic hydroxyl groups excluding tert-OH is 1. The summed E-state index contributed by atoms with van der Waals surface area (Å²) >= 11 is 0. The van der Waals surface area contributed by atoms with E-state index in [4.69, 9.17) is 9.72 Å². The Balaban J connectivity index is 1.47. The summed E-state index contributed by atoms with van der Waals surface area (Å²) in [6.07, 6.45) is 0.630. The van der Waals surface area contributed by atoms with Gasteiger partial charge in [0.2, 0.25) is 0 Å². The predicted molar refractivity (Wildman–Crippen MR) is 141 cm³/mol. The third-order valence-electron chi connectivity index (χ3n) is 7.52. The Morgan fingerprint density at radius 3 is 2.58 bits per heavy atom. The molecule has 2 fully saturated rings. The molecule has 0 spiro atoms. The molecule has 38 heavy (non-hydrogen) atoms. The van der Waals surface area contributed by atoms with Crippen LogP contribution in [-0.2, 0) is 16.1 Å². The van der Waals surface area contributed by atoms with Gasteiger partial charge in [-0.2, -0.15) is 0 Å². The summed E-state index contributed by atoms with van der Waals surface area (Å²) in [6.45, 7) is 5.79. The van der Waals surface area contributed by atoms with Crippen molar-refractivity contribution >= 4 is 11.9 Å². The predicted octanol–water partition coefficient (Wildman–Crippen LogP) is 4.90. The molecule has 2 aliphatic heterocycles. The van der Waals surface area contributed by atoms with Crippen molar-refractivity contribution in [2.75, 3.05) is 13.1 Å². The van der Waals surface area contributed by atoms with Gasteiger partial charge in [-0.3, -0.25) is 9.59 Å². The molecule has 7 nitrogen and oxygen atoms in total. The summed E-state index contributed by atoms with van der Waals surface area (Å²) in [7, 11) is 0. The number of nitrogens with zero attached hydrogens (tertiary/aromatic N) is 3. The van der Waals surface area contributed by atoms with Gasteiger partial charge >= 0.3 is 5.97 Å². The number of cyclic esters (lactones) is 1. The Hall–Kier alpha value is -3.52. The van der Waals surface area contributed by atoms with Gasteiger partial charge in [0.15, 0.2) is 5.69 Å². The van der Waals surface area contributed by atoms with Gasteiger partial charge in [-0.05, 0) is 42.2 Å². The van der Waals surface area contributed by atoms with Gasteiger partial charge in [-0.15, -0.1) is 0 Å². The topological polar surface area (TPSA) is 84.7 Å². The molecule has 5 rings (SSSR count). The molecule has 0 bridgehead atoms. The lowest BCUT2D eigenvalue weighted by molar-refractivity contribution is -0.160. The van der Waals surface area contributed by atoms with E-state index in [0.717, 1.165) is 12.1 Å². The molecule has 0 radical (unpaired) electrons. The van der Waals surface area contributed by atoms with Gasteiger partial charge in [0.05, 0.1) is 18.2 Å². The van der Waals surface area contributed by atoms with Crippen LogP contribution in [-0.4, -0.2) is 56.7 Å². The number of amides is 1. The molecule has 200 valence electrons. The van der Waals surface area contributed by atoms with E-state index in [1.807, 2.05) is 41.5 Å². The number of likely N-dealkylation sites (tertiary alicyclic amines) is 1. The lowest BCUT2D eigenvalue weighted by Gasteiger charge is -2.26. The SMILES string of the molecule is CC(C)c1c(C(=O)N2CCC(c3ccccc3)C2)nc(-c2ccc(F)cc2)n1CCC1CC(O)CC(=O)O1. The highest BCUT2D eigenvalue weighted by Crippen LogP contribution is 2.33. The van der Waals surface area contributed by atoms with Crippen molar-refractivity contribution in [3.63, 3.8) is 0 Å². The van der Waals surface area contributed by atoms with Crippen LogP contribution in [0.15, 0.2) is 54.6 Å². The lowest BCUT2D eigenvalue weighted by Crippen LogP contribution is -2.33. The normalized spacial score (nSPS) is 21.7. The van der Waals surface area contributed by atoms with E-state index in [2.05, 4.69) is 12.1 Å². The number of aromatic nitrogens is 2. The van der Waals surface area contributed by atoms with E-state index < -0.39 is 18.2 Å². The first-order valence-electron chi connectivity index (χ1n) is 13.4. The molecule has 2 aromatic carbocycles. The quantitative estimate of drug-likeness (QED) is 0.449. The Morgan fingerprint density at radius 1 is 1.16 bits per heavy atom. The van der Waals surface area contributed by atoms with Crippen LogP contribution in [0.25, 0.3) is 11.4 Å². The number of hydrogen-bond donors (Lipinski definition) is 1. The Kier molecular flexibility index (Phi) is 7.61.